The molecule has 0 fully saturated rings. The van der Waals surface area contributed by atoms with Gasteiger partial charge in [-0.1, -0.05) is 11.6 Å². The number of pyridine rings is 1. The van der Waals surface area contributed by atoms with Crippen molar-refractivity contribution < 1.29 is 4.39 Å². The van der Waals surface area contributed by atoms with Gasteiger partial charge in [-0.2, -0.15) is 0 Å². The number of H-pyrrole nitrogens is 1. The Morgan fingerprint density at radius 2 is 2.17 bits per heavy atom. The minimum atomic E-state index is -0.517. The van der Waals surface area contributed by atoms with E-state index in [4.69, 9.17) is 11.6 Å². The van der Waals surface area contributed by atoms with Crippen LogP contribution in [0.25, 0.3) is 21.6 Å². The summed E-state index contributed by atoms with van der Waals surface area (Å²) in [7, 11) is 0. The maximum absolute atomic E-state index is 14.1. The highest BCUT2D eigenvalue weighted by Crippen LogP contribution is 2.32. The molecule has 0 saturated carbocycles. The number of nitrogens with zero attached hydrogens (tertiary/aromatic N) is 3. The van der Waals surface area contributed by atoms with Gasteiger partial charge in [-0.25, -0.2) is 19.3 Å². The fraction of sp³-hybridized carbons (Fsp3) is 0. The first kappa shape index (κ1) is 14.1. The highest BCUT2D eigenvalue weighted by atomic mass is 35.5. The van der Waals surface area contributed by atoms with Crippen molar-refractivity contribution >= 4 is 44.7 Å². The number of thiophene rings is 1. The maximum Gasteiger partial charge on any atom is 0.165 e. The van der Waals surface area contributed by atoms with E-state index in [1.165, 1.54) is 17.4 Å². The van der Waals surface area contributed by atoms with Crippen LogP contribution in [0.3, 0.4) is 0 Å². The van der Waals surface area contributed by atoms with Gasteiger partial charge >= 0.3 is 0 Å². The molecule has 0 spiro atoms. The molecular formula is C15H9ClFN5S. The van der Waals surface area contributed by atoms with Crippen LogP contribution < -0.4 is 5.32 Å². The first-order valence-electron chi connectivity index (χ1n) is 6.67. The van der Waals surface area contributed by atoms with Crippen LogP contribution >= 0.6 is 22.9 Å². The first-order valence-corrected chi connectivity index (χ1v) is 7.93. The summed E-state index contributed by atoms with van der Waals surface area (Å²) in [6.45, 7) is 0. The second-order valence-electron chi connectivity index (χ2n) is 4.74. The third-order valence-electron chi connectivity index (χ3n) is 3.23. The molecule has 8 heteroatoms. The predicted molar refractivity (Wildman–Crippen MR) is 89.7 cm³/mol. The summed E-state index contributed by atoms with van der Waals surface area (Å²) in [6, 6.07) is 5.17. The fourth-order valence-electron chi connectivity index (χ4n) is 2.19. The van der Waals surface area contributed by atoms with Gasteiger partial charge in [0.25, 0.3) is 0 Å². The van der Waals surface area contributed by atoms with Crippen molar-refractivity contribution in [3.8, 4) is 11.4 Å². The fourth-order valence-corrected chi connectivity index (χ4v) is 3.13. The van der Waals surface area contributed by atoms with Crippen LogP contribution in [0.1, 0.15) is 0 Å². The number of fused-ring (bicyclic) bond motifs is 1. The molecule has 0 atom stereocenters. The zero-order valence-corrected chi connectivity index (χ0v) is 13.1. The van der Waals surface area contributed by atoms with E-state index in [0.717, 1.165) is 22.1 Å². The third kappa shape index (κ3) is 2.64. The lowest BCUT2D eigenvalue weighted by molar-refractivity contribution is 0.624. The van der Waals surface area contributed by atoms with E-state index in [1.807, 2.05) is 23.7 Å². The topological polar surface area (TPSA) is 66.5 Å². The Bertz CT molecular complexity index is 983. The SMILES string of the molecule is Fc1cnc(Cl)cc1-c1nc(Nc2cc[nH]c2)c2sccc2n1. The Labute approximate surface area is 139 Å². The Balaban J connectivity index is 1.89. The first-order chi connectivity index (χ1) is 11.2. The van der Waals surface area contributed by atoms with Crippen LogP contribution in [-0.2, 0) is 0 Å². The summed E-state index contributed by atoms with van der Waals surface area (Å²) < 4.78 is 15.0. The molecule has 0 radical (unpaired) electrons. The standard InChI is InChI=1S/C15H9ClFN5S/c16-12-5-9(10(17)7-19-12)14-21-11-2-4-23-13(11)15(22-14)20-8-1-3-18-6-8/h1-7,18H,(H,20,21,22). The molecule has 4 aromatic heterocycles. The Kier molecular flexibility index (Phi) is 3.44. The summed E-state index contributed by atoms with van der Waals surface area (Å²) in [6.07, 6.45) is 4.68. The molecule has 2 N–H and O–H groups in total. The number of hydrogen-bond donors (Lipinski definition) is 2. The lowest BCUT2D eigenvalue weighted by atomic mass is 10.2. The van der Waals surface area contributed by atoms with E-state index in [2.05, 4.69) is 25.3 Å². The van der Waals surface area contributed by atoms with Crippen LogP contribution in [0.4, 0.5) is 15.9 Å². The Morgan fingerprint density at radius 1 is 1.26 bits per heavy atom. The van der Waals surface area contributed by atoms with Crippen molar-refractivity contribution in [2.45, 2.75) is 0 Å². The van der Waals surface area contributed by atoms with Crippen molar-refractivity contribution in [1.29, 1.82) is 0 Å². The van der Waals surface area contributed by atoms with Gasteiger partial charge in [0, 0.05) is 12.4 Å². The van der Waals surface area contributed by atoms with Gasteiger partial charge in [0.05, 0.1) is 27.7 Å². The molecule has 4 aromatic rings. The Morgan fingerprint density at radius 3 is 3.00 bits per heavy atom. The molecule has 0 aliphatic heterocycles. The second kappa shape index (κ2) is 5.60. The van der Waals surface area contributed by atoms with Gasteiger partial charge in [0.15, 0.2) is 17.5 Å². The van der Waals surface area contributed by atoms with E-state index in [-0.39, 0.29) is 16.5 Å². The number of nitrogens with one attached hydrogen (secondary N) is 2. The highest BCUT2D eigenvalue weighted by molar-refractivity contribution is 7.17. The molecule has 0 saturated heterocycles. The van der Waals surface area contributed by atoms with Crippen molar-refractivity contribution in [3.63, 3.8) is 0 Å². The number of aromatic nitrogens is 4. The second-order valence-corrected chi connectivity index (χ2v) is 6.05. The van der Waals surface area contributed by atoms with Crippen LogP contribution in [-0.4, -0.2) is 19.9 Å². The van der Waals surface area contributed by atoms with Gasteiger partial charge in [-0.15, -0.1) is 11.3 Å². The van der Waals surface area contributed by atoms with E-state index < -0.39 is 5.82 Å². The Hall–Kier alpha value is -2.51. The molecule has 4 heterocycles. The number of halogens is 2. The van der Waals surface area contributed by atoms with Gasteiger partial charge < -0.3 is 10.3 Å². The van der Waals surface area contributed by atoms with E-state index in [0.29, 0.717) is 5.82 Å². The maximum atomic E-state index is 14.1. The average molecular weight is 346 g/mol. The van der Waals surface area contributed by atoms with Crippen molar-refractivity contribution in [1.82, 2.24) is 19.9 Å². The van der Waals surface area contributed by atoms with E-state index in [9.17, 15) is 4.39 Å². The van der Waals surface area contributed by atoms with Crippen molar-refractivity contribution in [3.05, 3.63) is 53.1 Å². The van der Waals surface area contributed by atoms with Gasteiger partial charge in [0.1, 0.15) is 5.15 Å². The summed E-state index contributed by atoms with van der Waals surface area (Å²) in [5.74, 6) is 0.360. The molecule has 0 unspecified atom stereocenters. The molecule has 0 aliphatic carbocycles. The molecular weight excluding hydrogens is 337 g/mol. The number of hydrogen-bond acceptors (Lipinski definition) is 5. The zero-order valence-electron chi connectivity index (χ0n) is 11.5. The van der Waals surface area contributed by atoms with Gasteiger partial charge in [-0.3, -0.25) is 0 Å². The van der Waals surface area contributed by atoms with Crippen molar-refractivity contribution in [2.75, 3.05) is 5.32 Å². The lowest BCUT2D eigenvalue weighted by Gasteiger charge is -2.08. The minimum Gasteiger partial charge on any atom is -0.366 e. The van der Waals surface area contributed by atoms with Gasteiger partial charge in [-0.05, 0) is 23.6 Å². The molecule has 5 nitrogen and oxygen atoms in total. The summed E-state index contributed by atoms with van der Waals surface area (Å²) in [4.78, 5) is 15.6. The summed E-state index contributed by atoms with van der Waals surface area (Å²) in [5.41, 5.74) is 1.82. The average Bonchev–Trinajstić information content (AvgIpc) is 3.20. The predicted octanol–water partition coefficient (Wildman–Crippen LogP) is 4.62. The van der Waals surface area contributed by atoms with Crippen LogP contribution in [0.5, 0.6) is 0 Å². The molecule has 0 aromatic carbocycles. The number of anilines is 2. The third-order valence-corrected chi connectivity index (χ3v) is 4.34. The molecule has 23 heavy (non-hydrogen) atoms. The smallest absolute Gasteiger partial charge is 0.165 e. The monoisotopic (exact) mass is 345 g/mol. The van der Waals surface area contributed by atoms with Crippen LogP contribution in [0.2, 0.25) is 5.15 Å². The normalized spacial score (nSPS) is 11.0. The molecule has 114 valence electrons. The molecule has 0 amide bonds. The highest BCUT2D eigenvalue weighted by Gasteiger charge is 2.15. The number of aromatic amines is 1. The van der Waals surface area contributed by atoms with E-state index >= 15 is 0 Å². The number of rotatable bonds is 3. The lowest BCUT2D eigenvalue weighted by Crippen LogP contribution is -1.99. The quantitative estimate of drug-likeness (QED) is 0.532. The van der Waals surface area contributed by atoms with Crippen LogP contribution in [0, 0.1) is 5.82 Å². The van der Waals surface area contributed by atoms with Crippen LogP contribution in [0.15, 0.2) is 42.2 Å². The molecule has 0 bridgehead atoms. The largest absolute Gasteiger partial charge is 0.366 e. The van der Waals surface area contributed by atoms with Gasteiger partial charge in [0.2, 0.25) is 0 Å². The zero-order chi connectivity index (χ0) is 15.8. The van der Waals surface area contributed by atoms with Crippen molar-refractivity contribution in [2.24, 2.45) is 0 Å². The molecule has 0 aliphatic rings. The summed E-state index contributed by atoms with van der Waals surface area (Å²) >= 11 is 7.38. The van der Waals surface area contributed by atoms with E-state index in [1.54, 1.807) is 6.20 Å². The summed E-state index contributed by atoms with van der Waals surface area (Å²) in [5, 5.41) is 5.32. The molecule has 4 rings (SSSR count). The minimum absolute atomic E-state index is 0.190.